The Kier molecular flexibility index (Phi) is 46.1. The van der Waals surface area contributed by atoms with Gasteiger partial charge in [-0.2, -0.15) is 0 Å². The summed E-state index contributed by atoms with van der Waals surface area (Å²) in [7, 11) is 0. The molecule has 0 heterocycles. The van der Waals surface area contributed by atoms with E-state index in [1.54, 1.807) is 0 Å². The van der Waals surface area contributed by atoms with Crippen molar-refractivity contribution < 1.29 is 24.5 Å². The number of carbonyl (C=O) groups is 2. The van der Waals surface area contributed by atoms with E-state index in [0.29, 0.717) is 19.3 Å². The maximum atomic E-state index is 13.2. The molecule has 0 aliphatic rings. The molecule has 348 valence electrons. The fraction of sp³-hybridized carbons (Fsp3) is 0.887. The molecule has 0 saturated carbocycles. The summed E-state index contributed by atoms with van der Waals surface area (Å²) in [5.74, 6) is -0.473. The Balaban J connectivity index is 4.56. The number of aliphatic hydroxyl groups is 2. The van der Waals surface area contributed by atoms with Gasteiger partial charge in [0.2, 0.25) is 5.91 Å². The van der Waals surface area contributed by atoms with Gasteiger partial charge in [0.25, 0.3) is 0 Å². The Hall–Kier alpha value is -1.66. The summed E-state index contributed by atoms with van der Waals surface area (Å²) in [6.07, 6.45) is 53.7. The predicted octanol–water partition coefficient (Wildman–Crippen LogP) is 15.5. The Labute approximate surface area is 367 Å². The molecule has 0 bridgehead atoms. The average Bonchev–Trinajstić information content (AvgIpc) is 3.23. The van der Waals surface area contributed by atoms with E-state index in [1.807, 2.05) is 0 Å². The normalized spacial score (nSPS) is 13.4. The highest BCUT2D eigenvalue weighted by atomic mass is 16.5. The van der Waals surface area contributed by atoms with Crippen LogP contribution in [0.5, 0.6) is 0 Å². The van der Waals surface area contributed by atoms with Gasteiger partial charge in [0.1, 0.15) is 6.10 Å². The molecule has 0 aromatic carbocycles. The van der Waals surface area contributed by atoms with Gasteiger partial charge in [-0.25, -0.2) is 0 Å². The maximum absolute atomic E-state index is 13.2. The van der Waals surface area contributed by atoms with Crippen molar-refractivity contribution in [1.82, 2.24) is 5.32 Å². The van der Waals surface area contributed by atoms with E-state index >= 15 is 0 Å². The zero-order valence-electron chi connectivity index (χ0n) is 39.7. The lowest BCUT2D eigenvalue weighted by Crippen LogP contribution is -2.46. The van der Waals surface area contributed by atoms with Crippen LogP contribution in [0.15, 0.2) is 24.3 Å². The maximum Gasteiger partial charge on any atom is 0.306 e. The molecule has 0 aromatic rings. The van der Waals surface area contributed by atoms with Crippen molar-refractivity contribution >= 4 is 11.9 Å². The van der Waals surface area contributed by atoms with Crippen LogP contribution in [0.4, 0.5) is 0 Å². The number of unbranched alkanes of at least 4 members (excludes halogenated alkanes) is 32. The molecule has 0 aromatic heterocycles. The third-order valence-electron chi connectivity index (χ3n) is 12.1. The van der Waals surface area contributed by atoms with E-state index in [0.717, 1.165) is 51.4 Å². The molecule has 0 aliphatic heterocycles. The van der Waals surface area contributed by atoms with Gasteiger partial charge in [-0.3, -0.25) is 9.59 Å². The SMILES string of the molecule is CCCCC/C=C/C=C/CCCCCCCCC(=O)OC(CCCCCCCCCCCCCCC)CC(=O)NC(CO)C(O)CCCCCCCCCCCCCC. The second kappa shape index (κ2) is 47.4. The van der Waals surface area contributed by atoms with Gasteiger partial charge in [-0.15, -0.1) is 0 Å². The van der Waals surface area contributed by atoms with Crippen molar-refractivity contribution in [3.8, 4) is 0 Å². The van der Waals surface area contributed by atoms with Gasteiger partial charge in [-0.1, -0.05) is 238 Å². The molecule has 3 atom stereocenters. The molecule has 0 spiro atoms. The monoisotopic (exact) mass is 832 g/mol. The topological polar surface area (TPSA) is 95.9 Å². The Morgan fingerprint density at radius 3 is 1.29 bits per heavy atom. The van der Waals surface area contributed by atoms with Crippen LogP contribution in [0.1, 0.15) is 278 Å². The van der Waals surface area contributed by atoms with Crippen molar-refractivity contribution in [2.45, 2.75) is 296 Å². The Bertz CT molecular complexity index is 935. The van der Waals surface area contributed by atoms with Crippen LogP contribution in [0.3, 0.4) is 0 Å². The number of hydrogen-bond acceptors (Lipinski definition) is 5. The summed E-state index contributed by atoms with van der Waals surface area (Å²) in [5, 5.41) is 23.8. The average molecular weight is 832 g/mol. The van der Waals surface area contributed by atoms with Crippen molar-refractivity contribution in [3.63, 3.8) is 0 Å². The molecule has 0 aliphatic carbocycles. The third kappa shape index (κ3) is 42.8. The minimum absolute atomic E-state index is 0.0783. The smallest absolute Gasteiger partial charge is 0.306 e. The molecule has 0 saturated heterocycles. The number of esters is 1. The zero-order chi connectivity index (χ0) is 43.1. The first-order chi connectivity index (χ1) is 29.0. The first kappa shape index (κ1) is 57.3. The highest BCUT2D eigenvalue weighted by Crippen LogP contribution is 2.18. The molecule has 0 radical (unpaired) electrons. The van der Waals surface area contributed by atoms with Gasteiger partial charge in [0.15, 0.2) is 0 Å². The molecular formula is C53H101NO5. The van der Waals surface area contributed by atoms with Crippen molar-refractivity contribution in [2.24, 2.45) is 0 Å². The fourth-order valence-electron chi connectivity index (χ4n) is 8.07. The molecule has 3 N–H and O–H groups in total. The first-order valence-electron chi connectivity index (χ1n) is 26.1. The van der Waals surface area contributed by atoms with Crippen LogP contribution in [0.25, 0.3) is 0 Å². The third-order valence-corrected chi connectivity index (χ3v) is 12.1. The second-order valence-electron chi connectivity index (χ2n) is 18.0. The van der Waals surface area contributed by atoms with Gasteiger partial charge in [-0.05, 0) is 51.4 Å². The lowest BCUT2D eigenvalue weighted by Gasteiger charge is -2.24. The number of rotatable bonds is 47. The largest absolute Gasteiger partial charge is 0.462 e. The summed E-state index contributed by atoms with van der Waals surface area (Å²) in [5.41, 5.74) is 0. The van der Waals surface area contributed by atoms with Gasteiger partial charge in [0.05, 0.1) is 25.2 Å². The van der Waals surface area contributed by atoms with Crippen molar-refractivity contribution in [3.05, 3.63) is 24.3 Å². The zero-order valence-corrected chi connectivity index (χ0v) is 39.7. The summed E-state index contributed by atoms with van der Waals surface area (Å²) >= 11 is 0. The van der Waals surface area contributed by atoms with Crippen LogP contribution < -0.4 is 5.32 Å². The molecule has 0 rings (SSSR count). The standard InChI is InChI=1S/C53H101NO5/c1-4-7-10-13-16-19-22-25-26-28-31-34-37-40-43-46-53(58)59-49(44-41-38-35-32-29-27-23-20-17-14-11-8-5-2)47-52(57)54-50(48-55)51(56)45-42-39-36-33-30-24-21-18-15-12-9-6-3/h16,19,22,25,49-51,55-56H,4-15,17-18,20-21,23-24,26-48H2,1-3H3,(H,54,57)/b19-16+,25-22+. The number of allylic oxidation sites excluding steroid dienone is 4. The van der Waals surface area contributed by atoms with E-state index in [-0.39, 0.29) is 24.9 Å². The summed E-state index contributed by atoms with van der Waals surface area (Å²) < 4.78 is 5.93. The minimum Gasteiger partial charge on any atom is -0.462 e. The Morgan fingerprint density at radius 2 is 0.847 bits per heavy atom. The molecule has 3 unspecified atom stereocenters. The molecule has 1 amide bonds. The number of ether oxygens (including phenoxy) is 1. The van der Waals surface area contributed by atoms with Crippen molar-refractivity contribution in [2.75, 3.05) is 6.61 Å². The van der Waals surface area contributed by atoms with E-state index in [9.17, 15) is 19.8 Å². The van der Waals surface area contributed by atoms with E-state index in [1.165, 1.54) is 180 Å². The fourth-order valence-corrected chi connectivity index (χ4v) is 8.07. The highest BCUT2D eigenvalue weighted by Gasteiger charge is 2.24. The van der Waals surface area contributed by atoms with E-state index < -0.39 is 18.2 Å². The lowest BCUT2D eigenvalue weighted by atomic mass is 10.0. The number of carbonyl (C=O) groups excluding carboxylic acids is 2. The molecule has 0 fully saturated rings. The molecular weight excluding hydrogens is 731 g/mol. The summed E-state index contributed by atoms with van der Waals surface area (Å²) in [6.45, 7) is 6.47. The van der Waals surface area contributed by atoms with Crippen LogP contribution in [-0.2, 0) is 14.3 Å². The number of nitrogens with one attached hydrogen (secondary N) is 1. The van der Waals surface area contributed by atoms with Crippen LogP contribution in [0, 0.1) is 0 Å². The minimum atomic E-state index is -0.784. The quantitative estimate of drug-likeness (QED) is 0.0322. The summed E-state index contributed by atoms with van der Waals surface area (Å²) in [6, 6.07) is -0.698. The predicted molar refractivity (Wildman–Crippen MR) is 255 cm³/mol. The van der Waals surface area contributed by atoms with E-state index in [4.69, 9.17) is 4.74 Å². The molecule has 6 nitrogen and oxygen atoms in total. The lowest BCUT2D eigenvalue weighted by molar-refractivity contribution is -0.151. The molecule has 59 heavy (non-hydrogen) atoms. The molecule has 6 heteroatoms. The van der Waals surface area contributed by atoms with Crippen molar-refractivity contribution in [1.29, 1.82) is 0 Å². The van der Waals surface area contributed by atoms with Gasteiger partial charge in [0, 0.05) is 6.42 Å². The Morgan fingerprint density at radius 1 is 0.492 bits per heavy atom. The summed E-state index contributed by atoms with van der Waals surface area (Å²) in [4.78, 5) is 26.1. The van der Waals surface area contributed by atoms with Gasteiger partial charge < -0.3 is 20.3 Å². The van der Waals surface area contributed by atoms with Gasteiger partial charge >= 0.3 is 5.97 Å². The second-order valence-corrected chi connectivity index (χ2v) is 18.0. The van der Waals surface area contributed by atoms with Crippen LogP contribution in [-0.4, -0.2) is 46.9 Å². The van der Waals surface area contributed by atoms with Crippen LogP contribution in [0.2, 0.25) is 0 Å². The van der Waals surface area contributed by atoms with E-state index in [2.05, 4.69) is 50.4 Å². The highest BCUT2D eigenvalue weighted by molar-refractivity contribution is 5.77. The number of hydrogen-bond donors (Lipinski definition) is 3. The van der Waals surface area contributed by atoms with Crippen LogP contribution >= 0.6 is 0 Å². The first-order valence-corrected chi connectivity index (χ1v) is 26.1. The number of amides is 1. The number of aliphatic hydroxyl groups excluding tert-OH is 2.